The number of aromatic nitrogens is 1. The van der Waals surface area contributed by atoms with E-state index in [1.807, 2.05) is 12.1 Å². The Kier molecular flexibility index (Phi) is 5.59. The molecule has 0 aliphatic carbocycles. The van der Waals surface area contributed by atoms with Crippen molar-refractivity contribution in [1.29, 1.82) is 0 Å². The predicted octanol–water partition coefficient (Wildman–Crippen LogP) is 4.94. The first-order valence-corrected chi connectivity index (χ1v) is 9.03. The van der Waals surface area contributed by atoms with Gasteiger partial charge in [0.05, 0.1) is 0 Å². The fourth-order valence-electron chi connectivity index (χ4n) is 1.96. The maximum atomic E-state index is 12.8. The molecule has 3 rings (SSSR count). The van der Waals surface area contributed by atoms with Crippen molar-refractivity contribution in [2.45, 2.75) is 0 Å². The van der Waals surface area contributed by atoms with Gasteiger partial charge in [-0.1, -0.05) is 15.9 Å². The highest BCUT2D eigenvalue weighted by molar-refractivity contribution is 9.10. The summed E-state index contributed by atoms with van der Waals surface area (Å²) in [5, 5.41) is 9.61. The van der Waals surface area contributed by atoms with Crippen molar-refractivity contribution in [2.75, 3.05) is 16.0 Å². The highest BCUT2D eigenvalue weighted by Crippen LogP contribution is 2.19. The van der Waals surface area contributed by atoms with Gasteiger partial charge in [0.15, 0.2) is 5.13 Å². The Balaban J connectivity index is 1.58. The van der Waals surface area contributed by atoms with Crippen LogP contribution in [0.4, 0.5) is 25.7 Å². The molecule has 2 aromatic carbocycles. The lowest BCUT2D eigenvalue weighted by molar-refractivity contribution is 0.102. The first kappa shape index (κ1) is 18.0. The van der Waals surface area contributed by atoms with E-state index in [2.05, 4.69) is 36.9 Å². The standard InChI is InChI=1S/C17H12BrFN4O2S/c18-10-1-5-12(6-2-10)20-15(24)14-9-26-17(22-14)23-16(25)21-13-7-3-11(19)4-8-13/h1-9H,(H,20,24)(H2,21,22,23,25). The second-order valence-corrected chi connectivity index (χ2v) is 6.86. The van der Waals surface area contributed by atoms with Crippen LogP contribution in [-0.2, 0) is 0 Å². The number of carbonyl (C=O) groups is 2. The van der Waals surface area contributed by atoms with Gasteiger partial charge in [0.1, 0.15) is 11.5 Å². The van der Waals surface area contributed by atoms with Gasteiger partial charge in [-0.15, -0.1) is 11.3 Å². The number of rotatable bonds is 4. The lowest BCUT2D eigenvalue weighted by Gasteiger charge is -2.05. The van der Waals surface area contributed by atoms with Gasteiger partial charge in [0.25, 0.3) is 5.91 Å². The molecule has 0 fully saturated rings. The molecule has 0 aliphatic rings. The van der Waals surface area contributed by atoms with Crippen LogP contribution in [-0.4, -0.2) is 16.9 Å². The van der Waals surface area contributed by atoms with Crippen LogP contribution in [0.25, 0.3) is 0 Å². The van der Waals surface area contributed by atoms with Gasteiger partial charge in [-0.2, -0.15) is 0 Å². The van der Waals surface area contributed by atoms with Crippen LogP contribution in [0, 0.1) is 5.82 Å². The number of nitrogens with one attached hydrogen (secondary N) is 3. The summed E-state index contributed by atoms with van der Waals surface area (Å²) in [5.41, 5.74) is 1.26. The number of halogens is 2. The first-order chi connectivity index (χ1) is 12.5. The van der Waals surface area contributed by atoms with Crippen molar-refractivity contribution < 1.29 is 14.0 Å². The lowest BCUT2D eigenvalue weighted by Crippen LogP contribution is -2.19. The molecule has 9 heteroatoms. The van der Waals surface area contributed by atoms with Crippen LogP contribution in [0.1, 0.15) is 10.5 Å². The third-order valence-corrected chi connectivity index (χ3v) is 4.45. The Hall–Kier alpha value is -2.78. The number of hydrogen-bond acceptors (Lipinski definition) is 4. The molecule has 0 spiro atoms. The van der Waals surface area contributed by atoms with Crippen molar-refractivity contribution >= 4 is 55.7 Å². The average molecular weight is 435 g/mol. The molecular weight excluding hydrogens is 423 g/mol. The van der Waals surface area contributed by atoms with Gasteiger partial charge in [-0.25, -0.2) is 14.2 Å². The number of anilines is 3. The number of nitrogens with zero attached hydrogens (tertiary/aromatic N) is 1. The van der Waals surface area contributed by atoms with Crippen LogP contribution < -0.4 is 16.0 Å². The first-order valence-electron chi connectivity index (χ1n) is 7.35. The molecule has 0 radical (unpaired) electrons. The van der Waals surface area contributed by atoms with E-state index < -0.39 is 11.8 Å². The van der Waals surface area contributed by atoms with Gasteiger partial charge in [0.2, 0.25) is 0 Å². The van der Waals surface area contributed by atoms with Gasteiger partial charge in [-0.05, 0) is 48.5 Å². The lowest BCUT2D eigenvalue weighted by atomic mass is 10.3. The summed E-state index contributed by atoms with van der Waals surface area (Å²) in [6.07, 6.45) is 0. The minimum Gasteiger partial charge on any atom is -0.321 e. The predicted molar refractivity (Wildman–Crippen MR) is 103 cm³/mol. The van der Waals surface area contributed by atoms with Crippen molar-refractivity contribution in [3.05, 3.63) is 69.9 Å². The van der Waals surface area contributed by atoms with E-state index in [0.29, 0.717) is 11.4 Å². The Bertz CT molecular complexity index is 929. The van der Waals surface area contributed by atoms with E-state index in [-0.39, 0.29) is 16.7 Å². The zero-order valence-corrected chi connectivity index (χ0v) is 15.5. The molecule has 1 heterocycles. The molecule has 3 amide bonds. The van der Waals surface area contributed by atoms with E-state index >= 15 is 0 Å². The van der Waals surface area contributed by atoms with Crippen LogP contribution >= 0.6 is 27.3 Å². The van der Waals surface area contributed by atoms with E-state index in [4.69, 9.17) is 0 Å². The van der Waals surface area contributed by atoms with Gasteiger partial charge in [0, 0.05) is 21.2 Å². The SMILES string of the molecule is O=C(Nc1ccc(F)cc1)Nc1nc(C(=O)Nc2ccc(Br)cc2)cs1. The van der Waals surface area contributed by atoms with E-state index in [1.54, 1.807) is 17.5 Å². The highest BCUT2D eigenvalue weighted by Gasteiger charge is 2.13. The average Bonchev–Trinajstić information content (AvgIpc) is 3.07. The van der Waals surface area contributed by atoms with E-state index in [9.17, 15) is 14.0 Å². The molecule has 3 aromatic rings. The quantitative estimate of drug-likeness (QED) is 0.543. The second-order valence-electron chi connectivity index (χ2n) is 5.08. The molecule has 3 N–H and O–H groups in total. The van der Waals surface area contributed by atoms with Crippen LogP contribution in [0.15, 0.2) is 58.4 Å². The normalized spacial score (nSPS) is 10.2. The summed E-state index contributed by atoms with van der Waals surface area (Å²) in [7, 11) is 0. The topological polar surface area (TPSA) is 83.1 Å². The molecule has 0 bridgehead atoms. The summed E-state index contributed by atoms with van der Waals surface area (Å²) in [5.74, 6) is -0.770. The second kappa shape index (κ2) is 8.07. The maximum Gasteiger partial charge on any atom is 0.325 e. The number of urea groups is 1. The number of carbonyl (C=O) groups excluding carboxylic acids is 2. The largest absolute Gasteiger partial charge is 0.325 e. The summed E-state index contributed by atoms with van der Waals surface area (Å²) in [4.78, 5) is 28.2. The molecule has 0 unspecified atom stereocenters. The Labute approximate surface area is 160 Å². The summed E-state index contributed by atoms with van der Waals surface area (Å²) in [6, 6.07) is 11.9. The smallest absolute Gasteiger partial charge is 0.321 e. The minimum atomic E-state index is -0.536. The summed E-state index contributed by atoms with van der Waals surface area (Å²) in [6.45, 7) is 0. The zero-order chi connectivity index (χ0) is 18.5. The Morgan fingerprint density at radius 3 is 2.23 bits per heavy atom. The molecule has 0 saturated carbocycles. The number of thiazole rings is 1. The zero-order valence-electron chi connectivity index (χ0n) is 13.1. The fraction of sp³-hybridized carbons (Fsp3) is 0. The molecule has 0 aliphatic heterocycles. The summed E-state index contributed by atoms with van der Waals surface area (Å²) >= 11 is 4.44. The van der Waals surface area contributed by atoms with Gasteiger partial charge >= 0.3 is 6.03 Å². The molecular formula is C17H12BrFN4O2S. The van der Waals surface area contributed by atoms with Gasteiger partial charge in [-0.3, -0.25) is 10.1 Å². The fourth-order valence-corrected chi connectivity index (χ4v) is 2.91. The van der Waals surface area contributed by atoms with E-state index in [0.717, 1.165) is 15.8 Å². The monoisotopic (exact) mass is 434 g/mol. The molecule has 0 saturated heterocycles. The highest BCUT2D eigenvalue weighted by atomic mass is 79.9. The maximum absolute atomic E-state index is 12.8. The molecule has 0 atom stereocenters. The molecule has 26 heavy (non-hydrogen) atoms. The summed E-state index contributed by atoms with van der Waals surface area (Å²) < 4.78 is 13.8. The third kappa shape index (κ3) is 4.87. The minimum absolute atomic E-state index is 0.190. The Morgan fingerprint density at radius 1 is 0.923 bits per heavy atom. The number of amides is 3. The molecule has 132 valence electrons. The molecule has 6 nitrogen and oxygen atoms in total. The number of hydrogen-bond donors (Lipinski definition) is 3. The van der Waals surface area contributed by atoms with Crippen molar-refractivity contribution in [2.24, 2.45) is 0 Å². The van der Waals surface area contributed by atoms with Crippen LogP contribution in [0.5, 0.6) is 0 Å². The van der Waals surface area contributed by atoms with E-state index in [1.165, 1.54) is 24.3 Å². The molecule has 1 aromatic heterocycles. The van der Waals surface area contributed by atoms with Crippen molar-refractivity contribution in [3.63, 3.8) is 0 Å². The van der Waals surface area contributed by atoms with Crippen molar-refractivity contribution in [1.82, 2.24) is 4.98 Å². The third-order valence-electron chi connectivity index (χ3n) is 3.16. The van der Waals surface area contributed by atoms with Gasteiger partial charge < -0.3 is 10.6 Å². The Morgan fingerprint density at radius 2 is 1.54 bits per heavy atom. The van der Waals surface area contributed by atoms with Crippen LogP contribution in [0.3, 0.4) is 0 Å². The van der Waals surface area contributed by atoms with Crippen LogP contribution in [0.2, 0.25) is 0 Å². The number of benzene rings is 2. The van der Waals surface area contributed by atoms with Crippen molar-refractivity contribution in [3.8, 4) is 0 Å².